The zero-order chi connectivity index (χ0) is 16.6. The summed E-state index contributed by atoms with van der Waals surface area (Å²) in [5, 5.41) is 11.5. The molecule has 118 valence electrons. The van der Waals surface area contributed by atoms with Crippen molar-refractivity contribution in [1.82, 2.24) is 9.38 Å². The van der Waals surface area contributed by atoms with Crippen LogP contribution in [0.4, 0.5) is 0 Å². The van der Waals surface area contributed by atoms with Crippen molar-refractivity contribution in [2.24, 2.45) is 0 Å². The summed E-state index contributed by atoms with van der Waals surface area (Å²) in [5.41, 5.74) is 5.57. The minimum Gasteiger partial charge on any atom is -0.289 e. The number of nitrogens with zero attached hydrogens (tertiary/aromatic N) is 3. The highest BCUT2D eigenvalue weighted by molar-refractivity contribution is 7.15. The first-order chi connectivity index (χ1) is 11.0. The second-order valence-electron chi connectivity index (χ2n) is 6.78. The number of aromatic nitrogens is 2. The van der Waals surface area contributed by atoms with Crippen LogP contribution < -0.4 is 0 Å². The molecule has 0 bridgehead atoms. The van der Waals surface area contributed by atoms with Gasteiger partial charge in [0.1, 0.15) is 0 Å². The Morgan fingerprint density at radius 3 is 2.48 bits per heavy atom. The summed E-state index contributed by atoms with van der Waals surface area (Å²) in [6.07, 6.45) is 1.39. The number of imidazole rings is 1. The molecule has 0 saturated heterocycles. The van der Waals surface area contributed by atoms with Gasteiger partial charge in [-0.3, -0.25) is 4.40 Å². The van der Waals surface area contributed by atoms with Gasteiger partial charge in [0, 0.05) is 22.1 Å². The molecule has 0 atom stereocenters. The first kappa shape index (κ1) is 15.8. The predicted octanol–water partition coefficient (Wildman–Crippen LogP) is 4.99. The van der Waals surface area contributed by atoms with E-state index in [1.807, 2.05) is 0 Å². The van der Waals surface area contributed by atoms with E-state index in [-0.39, 0.29) is 5.41 Å². The van der Waals surface area contributed by atoms with E-state index in [0.717, 1.165) is 28.3 Å². The van der Waals surface area contributed by atoms with Crippen molar-refractivity contribution in [3.8, 4) is 17.3 Å². The molecule has 0 spiro atoms. The third-order valence-corrected chi connectivity index (χ3v) is 4.94. The minimum absolute atomic E-state index is 0.0203. The quantitative estimate of drug-likeness (QED) is 0.681. The molecule has 0 N–H and O–H groups in total. The number of nitriles is 1. The Bertz CT molecular complexity index is 870. The Labute approximate surface area is 141 Å². The Hall–Kier alpha value is -2.12. The van der Waals surface area contributed by atoms with Crippen LogP contribution in [0.3, 0.4) is 0 Å². The topological polar surface area (TPSA) is 41.1 Å². The largest absolute Gasteiger partial charge is 0.289 e. The fourth-order valence-electron chi connectivity index (χ4n) is 2.80. The van der Waals surface area contributed by atoms with Gasteiger partial charge in [0.25, 0.3) is 0 Å². The zero-order valence-corrected chi connectivity index (χ0v) is 14.9. The summed E-state index contributed by atoms with van der Waals surface area (Å²) >= 11 is 1.65. The second kappa shape index (κ2) is 5.82. The van der Waals surface area contributed by atoms with Crippen molar-refractivity contribution < 1.29 is 0 Å². The zero-order valence-electron chi connectivity index (χ0n) is 14.1. The maximum atomic E-state index is 9.29. The lowest BCUT2D eigenvalue weighted by molar-refractivity contribution is 0.562. The highest BCUT2D eigenvalue weighted by Gasteiger charge is 2.24. The normalized spacial score (nSPS) is 11.8. The van der Waals surface area contributed by atoms with E-state index >= 15 is 0 Å². The summed E-state index contributed by atoms with van der Waals surface area (Å²) in [6, 6.07) is 10.8. The summed E-state index contributed by atoms with van der Waals surface area (Å²) in [7, 11) is 0. The van der Waals surface area contributed by atoms with Crippen molar-refractivity contribution in [3.05, 3.63) is 46.6 Å². The highest BCUT2D eigenvalue weighted by Crippen LogP contribution is 2.33. The molecule has 1 aromatic carbocycles. The van der Waals surface area contributed by atoms with E-state index in [0.29, 0.717) is 6.42 Å². The molecule has 3 rings (SSSR count). The van der Waals surface area contributed by atoms with Crippen LogP contribution >= 0.6 is 11.3 Å². The van der Waals surface area contributed by atoms with Crippen LogP contribution in [-0.4, -0.2) is 9.38 Å². The van der Waals surface area contributed by atoms with Gasteiger partial charge in [0.2, 0.25) is 0 Å². The number of aryl methyl sites for hydroxylation is 1. The third kappa shape index (κ3) is 2.77. The number of hydrogen-bond acceptors (Lipinski definition) is 3. The lowest BCUT2D eigenvalue weighted by Crippen LogP contribution is -2.15. The van der Waals surface area contributed by atoms with Crippen LogP contribution in [0.5, 0.6) is 0 Å². The predicted molar refractivity (Wildman–Crippen MR) is 95.9 cm³/mol. The molecule has 0 amide bonds. The monoisotopic (exact) mass is 323 g/mol. The van der Waals surface area contributed by atoms with Gasteiger partial charge in [-0.05, 0) is 12.0 Å². The van der Waals surface area contributed by atoms with Crippen LogP contribution in [0.2, 0.25) is 0 Å². The summed E-state index contributed by atoms with van der Waals surface area (Å²) in [5.74, 6) is 0. The number of benzene rings is 1. The van der Waals surface area contributed by atoms with Crippen LogP contribution in [0.25, 0.3) is 16.2 Å². The molecule has 3 nitrogen and oxygen atoms in total. The van der Waals surface area contributed by atoms with Crippen molar-refractivity contribution in [2.75, 3.05) is 0 Å². The maximum absolute atomic E-state index is 9.29. The lowest BCUT2D eigenvalue weighted by atomic mass is 9.93. The van der Waals surface area contributed by atoms with Gasteiger partial charge in [-0.15, -0.1) is 11.3 Å². The molecule has 2 heterocycles. The molecule has 0 aliphatic heterocycles. The van der Waals surface area contributed by atoms with E-state index in [9.17, 15) is 5.26 Å². The Balaban J connectivity index is 2.22. The standard InChI is InChI=1S/C19H21N3S/c1-5-13-6-8-14(9-7-13)17-15(10-11-20)22-16(19(2,3)4)12-23-18(22)21-17/h6-9,12H,5,10H2,1-4H3. The number of fused-ring (bicyclic) bond motifs is 1. The average Bonchev–Trinajstić information content (AvgIpc) is 3.07. The van der Waals surface area contributed by atoms with Gasteiger partial charge in [0.05, 0.1) is 23.9 Å². The molecule has 2 aromatic heterocycles. The van der Waals surface area contributed by atoms with Crippen LogP contribution in [0.1, 0.15) is 44.6 Å². The van der Waals surface area contributed by atoms with Crippen LogP contribution in [-0.2, 0) is 18.3 Å². The van der Waals surface area contributed by atoms with E-state index in [4.69, 9.17) is 4.98 Å². The van der Waals surface area contributed by atoms with Crippen molar-refractivity contribution in [2.45, 2.75) is 46.0 Å². The molecule has 4 heteroatoms. The van der Waals surface area contributed by atoms with E-state index in [1.165, 1.54) is 11.3 Å². The van der Waals surface area contributed by atoms with Crippen LogP contribution in [0, 0.1) is 11.3 Å². The molecule has 0 aliphatic rings. The van der Waals surface area contributed by atoms with E-state index < -0.39 is 0 Å². The van der Waals surface area contributed by atoms with Gasteiger partial charge in [-0.1, -0.05) is 52.0 Å². The first-order valence-electron chi connectivity index (χ1n) is 7.91. The average molecular weight is 323 g/mol. The van der Waals surface area contributed by atoms with Crippen molar-refractivity contribution in [3.63, 3.8) is 0 Å². The van der Waals surface area contributed by atoms with Crippen LogP contribution in [0.15, 0.2) is 29.6 Å². The SMILES string of the molecule is CCc1ccc(-c2nc3scc(C(C)(C)C)n3c2CC#N)cc1. The van der Waals surface area contributed by atoms with Crippen molar-refractivity contribution >= 4 is 16.3 Å². The fourth-order valence-corrected chi connectivity index (χ4v) is 3.93. The molecule has 0 fully saturated rings. The molecule has 0 unspecified atom stereocenters. The van der Waals surface area contributed by atoms with Gasteiger partial charge in [-0.2, -0.15) is 5.26 Å². The first-order valence-corrected chi connectivity index (χ1v) is 8.79. The molecule has 3 aromatic rings. The minimum atomic E-state index is 0.0203. The summed E-state index contributed by atoms with van der Waals surface area (Å²) in [6.45, 7) is 8.74. The Morgan fingerprint density at radius 2 is 1.91 bits per heavy atom. The molecule has 0 radical (unpaired) electrons. The lowest BCUT2D eigenvalue weighted by Gasteiger charge is -2.18. The second-order valence-corrected chi connectivity index (χ2v) is 7.62. The van der Waals surface area contributed by atoms with Gasteiger partial charge >= 0.3 is 0 Å². The molecular formula is C19H21N3S. The Morgan fingerprint density at radius 1 is 1.22 bits per heavy atom. The number of hydrogen-bond donors (Lipinski definition) is 0. The van der Waals surface area contributed by atoms with Gasteiger partial charge in [0.15, 0.2) is 4.96 Å². The number of rotatable bonds is 3. The molecule has 0 saturated carbocycles. The highest BCUT2D eigenvalue weighted by atomic mass is 32.1. The maximum Gasteiger partial charge on any atom is 0.194 e. The number of thiazole rings is 1. The molecule has 23 heavy (non-hydrogen) atoms. The van der Waals surface area contributed by atoms with E-state index in [1.54, 1.807) is 11.3 Å². The molecular weight excluding hydrogens is 302 g/mol. The summed E-state index contributed by atoms with van der Waals surface area (Å²) in [4.78, 5) is 5.79. The fraction of sp³-hybridized carbons (Fsp3) is 0.368. The smallest absolute Gasteiger partial charge is 0.194 e. The third-order valence-electron chi connectivity index (χ3n) is 4.11. The Kier molecular flexibility index (Phi) is 3.99. The molecule has 0 aliphatic carbocycles. The summed E-state index contributed by atoms with van der Waals surface area (Å²) < 4.78 is 2.18. The van der Waals surface area contributed by atoms with Crippen molar-refractivity contribution in [1.29, 1.82) is 5.26 Å². The van der Waals surface area contributed by atoms with Gasteiger partial charge < -0.3 is 0 Å². The van der Waals surface area contributed by atoms with E-state index in [2.05, 4.69) is 67.8 Å². The van der Waals surface area contributed by atoms with Gasteiger partial charge in [-0.25, -0.2) is 4.98 Å².